The monoisotopic (exact) mass is 411 g/mol. The molecule has 0 aliphatic carbocycles. The predicted octanol–water partition coefficient (Wildman–Crippen LogP) is 2.04. The van der Waals surface area contributed by atoms with Gasteiger partial charge in [0.05, 0.1) is 13.0 Å². The van der Waals surface area contributed by atoms with Gasteiger partial charge in [-0.2, -0.15) is 0 Å². The molecule has 0 saturated carbocycles. The topological polar surface area (TPSA) is 78.5 Å². The molecule has 2 aromatic carbocycles. The molecule has 0 spiro atoms. The van der Waals surface area contributed by atoms with Crippen LogP contribution < -0.4 is 10.6 Å². The van der Waals surface area contributed by atoms with E-state index in [1.54, 1.807) is 17.0 Å². The van der Waals surface area contributed by atoms with E-state index in [0.29, 0.717) is 38.0 Å². The third-order valence-corrected chi connectivity index (χ3v) is 5.22. The highest BCUT2D eigenvalue weighted by Crippen LogP contribution is 2.17. The summed E-state index contributed by atoms with van der Waals surface area (Å²) in [5.41, 5.74) is 1.61. The van der Waals surface area contributed by atoms with Gasteiger partial charge in [-0.05, 0) is 36.1 Å². The van der Waals surface area contributed by atoms with Crippen LogP contribution in [-0.4, -0.2) is 42.3 Å². The van der Waals surface area contributed by atoms with Crippen LogP contribution in [0.25, 0.3) is 0 Å². The van der Waals surface area contributed by atoms with E-state index in [1.165, 1.54) is 12.1 Å². The largest absolute Gasteiger partial charge is 0.352 e. The second-order valence-electron chi connectivity index (χ2n) is 7.44. The number of hydrogen-bond acceptors (Lipinski definition) is 3. The van der Waals surface area contributed by atoms with Gasteiger partial charge in [0.2, 0.25) is 17.7 Å². The summed E-state index contributed by atoms with van der Waals surface area (Å²) in [4.78, 5) is 38.4. The van der Waals surface area contributed by atoms with Gasteiger partial charge in [-0.1, -0.05) is 42.5 Å². The first-order chi connectivity index (χ1) is 14.5. The summed E-state index contributed by atoms with van der Waals surface area (Å²) in [7, 11) is 0. The average molecular weight is 411 g/mol. The van der Waals surface area contributed by atoms with Crippen molar-refractivity contribution < 1.29 is 18.8 Å². The van der Waals surface area contributed by atoms with E-state index < -0.39 is 5.82 Å². The van der Waals surface area contributed by atoms with Crippen molar-refractivity contribution in [3.8, 4) is 0 Å². The van der Waals surface area contributed by atoms with Crippen molar-refractivity contribution >= 4 is 17.7 Å². The summed E-state index contributed by atoms with van der Waals surface area (Å²) in [6.07, 6.45) is 1.22. The van der Waals surface area contributed by atoms with Crippen LogP contribution in [0.15, 0.2) is 54.6 Å². The van der Waals surface area contributed by atoms with Crippen molar-refractivity contribution in [1.82, 2.24) is 15.5 Å². The molecular weight excluding hydrogens is 385 g/mol. The highest BCUT2D eigenvalue weighted by molar-refractivity contribution is 5.86. The van der Waals surface area contributed by atoms with E-state index in [1.807, 2.05) is 30.3 Å². The van der Waals surface area contributed by atoms with Crippen LogP contribution in [0.1, 0.15) is 24.0 Å². The van der Waals surface area contributed by atoms with E-state index in [4.69, 9.17) is 0 Å². The van der Waals surface area contributed by atoms with Crippen LogP contribution in [0.5, 0.6) is 0 Å². The van der Waals surface area contributed by atoms with Gasteiger partial charge >= 0.3 is 0 Å². The minimum atomic E-state index is -0.396. The number of nitrogens with zero attached hydrogens (tertiary/aromatic N) is 1. The van der Waals surface area contributed by atoms with Crippen molar-refractivity contribution in [1.29, 1.82) is 0 Å². The second-order valence-corrected chi connectivity index (χ2v) is 7.44. The number of nitrogens with one attached hydrogen (secondary N) is 2. The molecule has 1 aliphatic rings. The molecule has 3 amide bonds. The first-order valence-corrected chi connectivity index (χ1v) is 10.1. The molecule has 3 rings (SSSR count). The molecule has 7 heteroatoms. The van der Waals surface area contributed by atoms with Gasteiger partial charge in [-0.3, -0.25) is 14.4 Å². The zero-order valence-electron chi connectivity index (χ0n) is 16.8. The molecule has 0 radical (unpaired) electrons. The smallest absolute Gasteiger partial charge is 0.241 e. The van der Waals surface area contributed by atoms with Crippen LogP contribution >= 0.6 is 0 Å². The molecule has 1 fully saturated rings. The zero-order valence-corrected chi connectivity index (χ0v) is 16.8. The second kappa shape index (κ2) is 10.5. The number of hydrogen-bond donors (Lipinski definition) is 2. The molecule has 0 aromatic heterocycles. The Morgan fingerprint density at radius 1 is 0.933 bits per heavy atom. The lowest BCUT2D eigenvalue weighted by atomic mass is 9.95. The lowest BCUT2D eigenvalue weighted by Gasteiger charge is -2.31. The van der Waals surface area contributed by atoms with E-state index >= 15 is 0 Å². The quantitative estimate of drug-likeness (QED) is 0.732. The highest BCUT2D eigenvalue weighted by Gasteiger charge is 2.27. The molecule has 0 bridgehead atoms. The van der Waals surface area contributed by atoms with Crippen LogP contribution in [0.2, 0.25) is 0 Å². The van der Waals surface area contributed by atoms with Gasteiger partial charge in [0, 0.05) is 25.6 Å². The minimum absolute atomic E-state index is 0.00866. The van der Waals surface area contributed by atoms with Crippen LogP contribution in [0, 0.1) is 11.7 Å². The SMILES string of the molecule is O=C(Cc1cccc(F)c1)NCC(=O)N1CCC(C(=O)NCc2ccccc2)CC1. The van der Waals surface area contributed by atoms with Crippen molar-refractivity contribution in [2.45, 2.75) is 25.8 Å². The lowest BCUT2D eigenvalue weighted by molar-refractivity contribution is -0.136. The molecule has 1 saturated heterocycles. The summed E-state index contributed by atoms with van der Waals surface area (Å²) >= 11 is 0. The van der Waals surface area contributed by atoms with Crippen molar-refractivity contribution in [2.24, 2.45) is 5.92 Å². The number of carbonyl (C=O) groups excluding carboxylic acids is 3. The maximum Gasteiger partial charge on any atom is 0.241 e. The van der Waals surface area contributed by atoms with Crippen molar-refractivity contribution in [3.63, 3.8) is 0 Å². The summed E-state index contributed by atoms with van der Waals surface area (Å²) in [5.74, 6) is -1.00. The summed E-state index contributed by atoms with van der Waals surface area (Å²) in [6.45, 7) is 1.37. The minimum Gasteiger partial charge on any atom is -0.352 e. The van der Waals surface area contributed by atoms with Gasteiger partial charge in [0.25, 0.3) is 0 Å². The maximum absolute atomic E-state index is 13.2. The number of piperidine rings is 1. The fourth-order valence-electron chi connectivity index (χ4n) is 3.50. The lowest BCUT2D eigenvalue weighted by Crippen LogP contribution is -2.46. The van der Waals surface area contributed by atoms with Gasteiger partial charge in [-0.25, -0.2) is 4.39 Å². The number of halogens is 1. The number of rotatable bonds is 7. The third-order valence-electron chi connectivity index (χ3n) is 5.22. The molecule has 1 heterocycles. The first kappa shape index (κ1) is 21.5. The Kier molecular flexibility index (Phi) is 7.54. The van der Waals surface area contributed by atoms with Gasteiger partial charge in [0.1, 0.15) is 5.82 Å². The summed E-state index contributed by atoms with van der Waals surface area (Å²) in [6, 6.07) is 15.5. The van der Waals surface area contributed by atoms with E-state index in [-0.39, 0.29) is 36.6 Å². The molecule has 0 atom stereocenters. The van der Waals surface area contributed by atoms with Crippen molar-refractivity contribution in [2.75, 3.05) is 19.6 Å². The number of carbonyl (C=O) groups is 3. The number of benzene rings is 2. The Morgan fingerprint density at radius 3 is 2.33 bits per heavy atom. The third kappa shape index (κ3) is 6.40. The Bertz CT molecular complexity index is 880. The van der Waals surface area contributed by atoms with Gasteiger partial charge < -0.3 is 15.5 Å². The fourth-order valence-corrected chi connectivity index (χ4v) is 3.50. The number of amides is 3. The zero-order chi connectivity index (χ0) is 21.3. The van der Waals surface area contributed by atoms with E-state index in [9.17, 15) is 18.8 Å². The highest BCUT2D eigenvalue weighted by atomic mass is 19.1. The molecular formula is C23H26FN3O3. The predicted molar refractivity (Wildman–Crippen MR) is 111 cm³/mol. The average Bonchev–Trinajstić information content (AvgIpc) is 2.76. The summed E-state index contributed by atoms with van der Waals surface area (Å²) < 4.78 is 13.2. The molecule has 30 heavy (non-hydrogen) atoms. The Hall–Kier alpha value is -3.22. The fraction of sp³-hybridized carbons (Fsp3) is 0.348. The van der Waals surface area contributed by atoms with Crippen LogP contribution in [0.3, 0.4) is 0 Å². The molecule has 1 aliphatic heterocycles. The van der Waals surface area contributed by atoms with E-state index in [2.05, 4.69) is 10.6 Å². The molecule has 2 N–H and O–H groups in total. The van der Waals surface area contributed by atoms with E-state index in [0.717, 1.165) is 5.56 Å². The normalized spacial score (nSPS) is 14.2. The molecule has 2 aromatic rings. The molecule has 0 unspecified atom stereocenters. The first-order valence-electron chi connectivity index (χ1n) is 10.1. The molecule has 6 nitrogen and oxygen atoms in total. The van der Waals surface area contributed by atoms with Gasteiger partial charge in [0.15, 0.2) is 0 Å². The number of likely N-dealkylation sites (tertiary alicyclic amines) is 1. The van der Waals surface area contributed by atoms with Crippen molar-refractivity contribution in [3.05, 3.63) is 71.5 Å². The maximum atomic E-state index is 13.2. The molecule has 158 valence electrons. The van der Waals surface area contributed by atoms with Crippen LogP contribution in [0.4, 0.5) is 4.39 Å². The standard InChI is InChI=1S/C23H26FN3O3/c24-20-8-4-7-18(13-20)14-21(28)25-16-22(29)27-11-9-19(10-12-27)23(30)26-15-17-5-2-1-3-6-17/h1-8,13,19H,9-12,14-16H2,(H,25,28)(H,26,30). The Labute approximate surface area is 175 Å². The summed E-state index contributed by atoms with van der Waals surface area (Å²) in [5, 5.41) is 5.54. The Morgan fingerprint density at radius 2 is 1.63 bits per heavy atom. The van der Waals surface area contributed by atoms with Gasteiger partial charge in [-0.15, -0.1) is 0 Å². The Balaban J connectivity index is 1.36. The van der Waals surface area contributed by atoms with Crippen LogP contribution in [-0.2, 0) is 27.3 Å².